The monoisotopic (exact) mass is 363 g/mol. The summed E-state index contributed by atoms with van der Waals surface area (Å²) in [5.74, 6) is 1.89. The highest BCUT2D eigenvalue weighted by atomic mass is 35.5. The van der Waals surface area contributed by atoms with Gasteiger partial charge in [-0.1, -0.05) is 6.07 Å². The fourth-order valence-corrected chi connectivity index (χ4v) is 2.71. The molecule has 122 valence electrons. The summed E-state index contributed by atoms with van der Waals surface area (Å²) < 4.78 is 5.63. The van der Waals surface area contributed by atoms with E-state index in [1.54, 1.807) is 11.3 Å². The summed E-state index contributed by atoms with van der Waals surface area (Å²) in [5, 5.41) is 8.11. The van der Waals surface area contributed by atoms with Crippen LogP contribution in [0.5, 0.6) is 0 Å². The van der Waals surface area contributed by atoms with Crippen molar-refractivity contribution in [3.63, 3.8) is 0 Å². The Labute approximate surface area is 145 Å². The number of nitrogens with one attached hydrogen (secondary N) is 2. The molecular formula is C14H19Cl2N3O2S. The highest BCUT2D eigenvalue weighted by Gasteiger charge is 2.19. The van der Waals surface area contributed by atoms with Crippen molar-refractivity contribution in [1.82, 2.24) is 15.6 Å². The molecule has 1 amide bonds. The van der Waals surface area contributed by atoms with Crippen LogP contribution in [0.2, 0.25) is 0 Å². The standard InChI is InChI=1S/C14H17N3O2S.2ClH/c1-9-11(5-13(18)16-8-10-6-15-7-10)17-14(19-9)12-3-2-4-20-12;;/h2-4,10,15H,5-8H2,1H3,(H,16,18);2*1H. The fourth-order valence-electron chi connectivity index (χ4n) is 2.06. The first-order valence-electron chi connectivity index (χ1n) is 6.70. The Kier molecular flexibility index (Phi) is 7.35. The number of aryl methyl sites for hydroxylation is 1. The quantitative estimate of drug-likeness (QED) is 0.855. The molecule has 0 spiro atoms. The highest BCUT2D eigenvalue weighted by Crippen LogP contribution is 2.25. The maximum absolute atomic E-state index is 11.9. The lowest BCUT2D eigenvalue weighted by Crippen LogP contribution is -2.48. The summed E-state index contributed by atoms with van der Waals surface area (Å²) in [4.78, 5) is 17.3. The molecule has 1 saturated heterocycles. The van der Waals surface area contributed by atoms with Gasteiger partial charge in [0.15, 0.2) is 0 Å². The van der Waals surface area contributed by atoms with E-state index in [9.17, 15) is 4.79 Å². The van der Waals surface area contributed by atoms with E-state index in [-0.39, 0.29) is 37.1 Å². The Bertz CT molecular complexity index is 597. The molecule has 3 heterocycles. The second-order valence-electron chi connectivity index (χ2n) is 5.00. The average Bonchev–Trinajstić information content (AvgIpc) is 2.98. The average molecular weight is 364 g/mol. The maximum Gasteiger partial charge on any atom is 0.236 e. The van der Waals surface area contributed by atoms with Crippen molar-refractivity contribution in [2.45, 2.75) is 13.3 Å². The van der Waals surface area contributed by atoms with Crippen molar-refractivity contribution in [1.29, 1.82) is 0 Å². The third-order valence-electron chi connectivity index (χ3n) is 3.41. The molecule has 0 bridgehead atoms. The van der Waals surface area contributed by atoms with Crippen LogP contribution in [0, 0.1) is 12.8 Å². The van der Waals surface area contributed by atoms with E-state index in [2.05, 4.69) is 15.6 Å². The molecule has 0 radical (unpaired) electrons. The second-order valence-corrected chi connectivity index (χ2v) is 5.95. The first kappa shape index (κ1) is 19.0. The first-order chi connectivity index (χ1) is 9.72. The molecule has 0 saturated carbocycles. The molecule has 1 aliphatic rings. The molecule has 1 aliphatic heterocycles. The summed E-state index contributed by atoms with van der Waals surface area (Å²) in [5.41, 5.74) is 0.720. The van der Waals surface area contributed by atoms with E-state index in [0.717, 1.165) is 30.2 Å². The minimum atomic E-state index is 0. The van der Waals surface area contributed by atoms with E-state index < -0.39 is 0 Å². The van der Waals surface area contributed by atoms with Crippen molar-refractivity contribution < 1.29 is 9.21 Å². The first-order valence-corrected chi connectivity index (χ1v) is 7.58. The Balaban J connectivity index is 0.00000121. The normalized spacial score (nSPS) is 13.7. The summed E-state index contributed by atoms with van der Waals surface area (Å²) in [7, 11) is 0. The molecule has 3 rings (SSSR count). The van der Waals surface area contributed by atoms with Crippen LogP contribution in [-0.2, 0) is 11.2 Å². The van der Waals surface area contributed by atoms with Crippen LogP contribution in [-0.4, -0.2) is 30.5 Å². The number of hydrogen-bond acceptors (Lipinski definition) is 5. The van der Waals surface area contributed by atoms with Crippen LogP contribution in [0.15, 0.2) is 21.9 Å². The number of thiophene rings is 1. The summed E-state index contributed by atoms with van der Waals surface area (Å²) in [6.45, 7) is 4.57. The van der Waals surface area contributed by atoms with Crippen LogP contribution >= 0.6 is 36.2 Å². The SMILES string of the molecule is Cc1oc(-c2cccs2)nc1CC(=O)NCC1CNC1.Cl.Cl. The lowest BCUT2D eigenvalue weighted by molar-refractivity contribution is -0.120. The van der Waals surface area contributed by atoms with Gasteiger partial charge in [0.2, 0.25) is 11.8 Å². The molecule has 22 heavy (non-hydrogen) atoms. The Morgan fingerprint density at radius 2 is 2.27 bits per heavy atom. The van der Waals surface area contributed by atoms with Crippen molar-refractivity contribution in [2.24, 2.45) is 5.92 Å². The topological polar surface area (TPSA) is 67.2 Å². The number of carbonyl (C=O) groups excluding carboxylic acids is 1. The number of nitrogens with zero attached hydrogens (tertiary/aromatic N) is 1. The highest BCUT2D eigenvalue weighted by molar-refractivity contribution is 7.13. The van der Waals surface area contributed by atoms with Crippen LogP contribution in [0.3, 0.4) is 0 Å². The molecule has 8 heteroatoms. The number of halogens is 2. The van der Waals surface area contributed by atoms with Crippen molar-refractivity contribution in [3.05, 3.63) is 29.0 Å². The van der Waals surface area contributed by atoms with E-state index in [1.165, 1.54) is 0 Å². The maximum atomic E-state index is 11.9. The second kappa shape index (κ2) is 8.53. The third kappa shape index (κ3) is 4.46. The van der Waals surface area contributed by atoms with E-state index in [0.29, 0.717) is 17.6 Å². The summed E-state index contributed by atoms with van der Waals surface area (Å²) >= 11 is 1.58. The van der Waals surface area contributed by atoms with Gasteiger partial charge in [-0.05, 0) is 18.4 Å². The van der Waals surface area contributed by atoms with Gasteiger partial charge in [-0.2, -0.15) is 0 Å². The zero-order valence-corrected chi connectivity index (χ0v) is 14.6. The van der Waals surface area contributed by atoms with E-state index in [4.69, 9.17) is 4.42 Å². The molecule has 2 aromatic rings. The summed E-state index contributed by atoms with van der Waals surface area (Å²) in [6, 6.07) is 3.92. The van der Waals surface area contributed by atoms with Crippen LogP contribution in [0.1, 0.15) is 11.5 Å². The number of carbonyl (C=O) groups is 1. The molecule has 0 aromatic carbocycles. The van der Waals surface area contributed by atoms with Gasteiger partial charge in [0.1, 0.15) is 5.76 Å². The molecular weight excluding hydrogens is 345 g/mol. The third-order valence-corrected chi connectivity index (χ3v) is 4.26. The molecule has 2 N–H and O–H groups in total. The van der Waals surface area contributed by atoms with Crippen LogP contribution in [0.4, 0.5) is 0 Å². The Hall–Kier alpha value is -1.08. The lowest BCUT2D eigenvalue weighted by atomic mass is 10.0. The van der Waals surface area contributed by atoms with Crippen LogP contribution in [0.25, 0.3) is 10.8 Å². The van der Waals surface area contributed by atoms with Gasteiger partial charge >= 0.3 is 0 Å². The van der Waals surface area contributed by atoms with E-state index >= 15 is 0 Å². The van der Waals surface area contributed by atoms with Gasteiger partial charge in [0.05, 0.1) is 17.0 Å². The van der Waals surface area contributed by atoms with Crippen LogP contribution < -0.4 is 10.6 Å². The van der Waals surface area contributed by atoms with Crippen molar-refractivity contribution >= 4 is 42.1 Å². The number of hydrogen-bond donors (Lipinski definition) is 2. The molecule has 0 aliphatic carbocycles. The fraction of sp³-hybridized carbons (Fsp3) is 0.429. The van der Waals surface area contributed by atoms with Crippen molar-refractivity contribution in [2.75, 3.05) is 19.6 Å². The minimum absolute atomic E-state index is 0. The minimum Gasteiger partial charge on any atom is -0.440 e. The predicted octanol–water partition coefficient (Wildman–Crippen LogP) is 2.43. The summed E-state index contributed by atoms with van der Waals surface area (Å²) in [6.07, 6.45) is 0.279. The number of aromatic nitrogens is 1. The molecule has 0 unspecified atom stereocenters. The van der Waals surface area contributed by atoms with E-state index in [1.807, 2.05) is 24.4 Å². The Morgan fingerprint density at radius 1 is 1.50 bits per heavy atom. The molecule has 2 aromatic heterocycles. The van der Waals surface area contributed by atoms with Gasteiger partial charge in [0.25, 0.3) is 0 Å². The lowest BCUT2D eigenvalue weighted by Gasteiger charge is -2.26. The number of amides is 1. The van der Waals surface area contributed by atoms with Gasteiger partial charge < -0.3 is 15.1 Å². The van der Waals surface area contributed by atoms with Crippen molar-refractivity contribution in [3.8, 4) is 10.8 Å². The van der Waals surface area contributed by atoms with Gasteiger partial charge in [-0.3, -0.25) is 4.79 Å². The number of rotatable bonds is 5. The zero-order valence-electron chi connectivity index (χ0n) is 12.1. The zero-order chi connectivity index (χ0) is 13.9. The van der Waals surface area contributed by atoms with Gasteiger partial charge in [0, 0.05) is 25.6 Å². The molecule has 5 nitrogen and oxygen atoms in total. The smallest absolute Gasteiger partial charge is 0.236 e. The van der Waals surface area contributed by atoms with Gasteiger partial charge in [-0.25, -0.2) is 4.98 Å². The predicted molar refractivity (Wildman–Crippen MR) is 92.1 cm³/mol. The number of oxazole rings is 1. The largest absolute Gasteiger partial charge is 0.440 e. The molecule has 1 fully saturated rings. The molecule has 0 atom stereocenters. The van der Waals surface area contributed by atoms with Gasteiger partial charge in [-0.15, -0.1) is 36.2 Å². The Morgan fingerprint density at radius 3 is 2.86 bits per heavy atom.